The van der Waals surface area contributed by atoms with Crippen LogP contribution in [-0.4, -0.2) is 47.9 Å². The average Bonchev–Trinajstić information content (AvgIpc) is 2.95. The number of carbonyl (C=O) groups excluding carboxylic acids is 3. The van der Waals surface area contributed by atoms with E-state index in [1.54, 1.807) is 36.3 Å². The van der Waals surface area contributed by atoms with Crippen LogP contribution in [0.2, 0.25) is 0 Å². The summed E-state index contributed by atoms with van der Waals surface area (Å²) in [5, 5.41) is -0.00457. The first-order valence-electron chi connectivity index (χ1n) is 6.75. The Labute approximate surface area is 132 Å². The molecule has 22 heavy (non-hydrogen) atoms. The summed E-state index contributed by atoms with van der Waals surface area (Å²) in [4.78, 5) is 36.5. The first kappa shape index (κ1) is 16.2. The lowest BCUT2D eigenvalue weighted by Gasteiger charge is -2.14. The molecule has 0 bridgehead atoms. The minimum atomic E-state index is -0.413. The van der Waals surface area contributed by atoms with E-state index < -0.39 is 5.91 Å². The first-order valence-corrected chi connectivity index (χ1v) is 7.73. The summed E-state index contributed by atoms with van der Waals surface area (Å²) in [5.41, 5.74) is 5.08. The van der Waals surface area contributed by atoms with Crippen LogP contribution >= 0.6 is 11.8 Å². The van der Waals surface area contributed by atoms with Gasteiger partial charge in [0.15, 0.2) is 0 Å². The zero-order valence-corrected chi connectivity index (χ0v) is 12.9. The molecule has 2 rings (SSSR count). The van der Waals surface area contributed by atoms with Crippen LogP contribution < -0.4 is 15.6 Å². The molecule has 2 N–H and O–H groups in total. The molecule has 0 aliphatic carbocycles. The first-order chi connectivity index (χ1) is 10.6. The zero-order valence-electron chi connectivity index (χ0n) is 12.1. The number of hydrogen-bond donors (Lipinski definition) is 2. The molecule has 1 aliphatic heterocycles. The number of hydrazine groups is 1. The summed E-state index contributed by atoms with van der Waals surface area (Å²) in [5.74, 6) is 0.651. The summed E-state index contributed by atoms with van der Waals surface area (Å²) in [6.45, 7) is 1.02. The molecule has 1 aliphatic rings. The maximum absolute atomic E-state index is 11.8. The van der Waals surface area contributed by atoms with Gasteiger partial charge in [-0.25, -0.2) is 0 Å². The van der Waals surface area contributed by atoms with Gasteiger partial charge in [-0.2, -0.15) is 0 Å². The highest BCUT2D eigenvalue weighted by atomic mass is 32.2. The number of methoxy groups -OCH3 is 1. The lowest BCUT2D eigenvalue weighted by Crippen LogP contribution is -2.42. The van der Waals surface area contributed by atoms with E-state index in [0.29, 0.717) is 24.4 Å². The van der Waals surface area contributed by atoms with Crippen LogP contribution in [0.3, 0.4) is 0 Å². The van der Waals surface area contributed by atoms with Crippen LogP contribution in [0.4, 0.5) is 4.79 Å². The molecule has 1 fully saturated rings. The van der Waals surface area contributed by atoms with Gasteiger partial charge in [0.05, 0.1) is 7.11 Å². The van der Waals surface area contributed by atoms with E-state index in [0.717, 1.165) is 5.75 Å². The molecule has 0 spiro atoms. The molecule has 1 heterocycles. The van der Waals surface area contributed by atoms with Crippen molar-refractivity contribution in [2.45, 2.75) is 6.42 Å². The monoisotopic (exact) mass is 323 g/mol. The summed E-state index contributed by atoms with van der Waals surface area (Å²) in [7, 11) is 1.54. The molecule has 8 heteroatoms. The van der Waals surface area contributed by atoms with Gasteiger partial charge in [0.25, 0.3) is 11.1 Å². The van der Waals surface area contributed by atoms with E-state index in [4.69, 9.17) is 4.74 Å². The van der Waals surface area contributed by atoms with Crippen molar-refractivity contribution in [1.29, 1.82) is 0 Å². The van der Waals surface area contributed by atoms with Crippen molar-refractivity contribution in [1.82, 2.24) is 15.8 Å². The van der Waals surface area contributed by atoms with Crippen molar-refractivity contribution in [3.63, 3.8) is 0 Å². The highest BCUT2D eigenvalue weighted by Crippen LogP contribution is 2.16. The average molecular weight is 323 g/mol. The van der Waals surface area contributed by atoms with Gasteiger partial charge in [-0.1, -0.05) is 11.8 Å². The minimum absolute atomic E-state index is 0.00457. The van der Waals surface area contributed by atoms with Crippen LogP contribution in [0, 0.1) is 0 Å². The standard InChI is InChI=1S/C14H17N3O4S/c1-21-11-4-2-10(3-5-11)13(19)16-15-12(18)6-7-17-8-9-22-14(17)20/h2-5H,6-9H2,1H3,(H,15,18)(H,16,19). The second kappa shape index (κ2) is 7.69. The number of carbonyl (C=O) groups is 3. The van der Waals surface area contributed by atoms with Gasteiger partial charge in [-0.05, 0) is 24.3 Å². The van der Waals surface area contributed by atoms with Crippen molar-refractivity contribution in [3.05, 3.63) is 29.8 Å². The normalized spacial score (nSPS) is 13.9. The topological polar surface area (TPSA) is 87.7 Å². The molecular weight excluding hydrogens is 306 g/mol. The third kappa shape index (κ3) is 4.39. The molecule has 0 unspecified atom stereocenters. The van der Waals surface area contributed by atoms with Crippen LogP contribution in [0.15, 0.2) is 24.3 Å². The van der Waals surface area contributed by atoms with Gasteiger partial charge >= 0.3 is 0 Å². The van der Waals surface area contributed by atoms with E-state index in [-0.39, 0.29) is 17.6 Å². The summed E-state index contributed by atoms with van der Waals surface area (Å²) >= 11 is 1.25. The Kier molecular flexibility index (Phi) is 5.65. The van der Waals surface area contributed by atoms with E-state index in [2.05, 4.69) is 10.9 Å². The fraction of sp³-hybridized carbons (Fsp3) is 0.357. The molecular formula is C14H17N3O4S. The van der Waals surface area contributed by atoms with E-state index in [1.165, 1.54) is 11.8 Å². The molecule has 118 valence electrons. The van der Waals surface area contributed by atoms with E-state index >= 15 is 0 Å². The van der Waals surface area contributed by atoms with Gasteiger partial charge in [-0.3, -0.25) is 25.2 Å². The number of hydrogen-bond acceptors (Lipinski definition) is 5. The second-order valence-electron chi connectivity index (χ2n) is 4.58. The smallest absolute Gasteiger partial charge is 0.281 e. The summed E-state index contributed by atoms with van der Waals surface area (Å²) < 4.78 is 5.00. The minimum Gasteiger partial charge on any atom is -0.497 e. The van der Waals surface area contributed by atoms with Crippen molar-refractivity contribution in [2.24, 2.45) is 0 Å². The van der Waals surface area contributed by atoms with Gasteiger partial charge in [0, 0.05) is 30.8 Å². The third-order valence-corrected chi connectivity index (χ3v) is 4.01. The fourth-order valence-electron chi connectivity index (χ4n) is 1.87. The number of rotatable bonds is 5. The molecule has 0 saturated carbocycles. The molecule has 0 aromatic heterocycles. The van der Waals surface area contributed by atoms with Crippen molar-refractivity contribution in [2.75, 3.05) is 26.0 Å². The quantitative estimate of drug-likeness (QED) is 0.790. The Morgan fingerprint density at radius 2 is 2.00 bits per heavy atom. The molecule has 0 atom stereocenters. The molecule has 3 amide bonds. The largest absolute Gasteiger partial charge is 0.497 e. The molecule has 1 aromatic carbocycles. The van der Waals surface area contributed by atoms with Crippen LogP contribution in [0.1, 0.15) is 16.8 Å². The molecule has 1 aromatic rings. The number of nitrogens with zero attached hydrogens (tertiary/aromatic N) is 1. The Balaban J connectivity index is 1.72. The predicted molar refractivity (Wildman–Crippen MR) is 82.6 cm³/mol. The van der Waals surface area contributed by atoms with Gasteiger partial charge in [-0.15, -0.1) is 0 Å². The number of benzene rings is 1. The highest BCUT2D eigenvalue weighted by molar-refractivity contribution is 8.13. The number of amides is 3. The van der Waals surface area contributed by atoms with Gasteiger partial charge in [0.2, 0.25) is 5.91 Å². The highest BCUT2D eigenvalue weighted by Gasteiger charge is 2.21. The van der Waals surface area contributed by atoms with Crippen molar-refractivity contribution in [3.8, 4) is 5.75 Å². The Hall–Kier alpha value is -2.22. The molecule has 1 saturated heterocycles. The number of nitrogens with one attached hydrogen (secondary N) is 2. The molecule has 7 nitrogen and oxygen atoms in total. The summed E-state index contributed by atoms with van der Waals surface area (Å²) in [6.07, 6.45) is 0.148. The SMILES string of the molecule is COc1ccc(C(=O)NNC(=O)CCN2CCSC2=O)cc1. The number of ether oxygens (including phenoxy) is 1. The van der Waals surface area contributed by atoms with Crippen LogP contribution in [0.5, 0.6) is 5.75 Å². The Morgan fingerprint density at radius 1 is 1.27 bits per heavy atom. The van der Waals surface area contributed by atoms with E-state index in [9.17, 15) is 14.4 Å². The van der Waals surface area contributed by atoms with Gasteiger partial charge in [0.1, 0.15) is 5.75 Å². The van der Waals surface area contributed by atoms with E-state index in [1.807, 2.05) is 0 Å². The summed E-state index contributed by atoms with van der Waals surface area (Å²) in [6, 6.07) is 6.52. The van der Waals surface area contributed by atoms with Gasteiger partial charge < -0.3 is 9.64 Å². The Morgan fingerprint density at radius 3 is 2.59 bits per heavy atom. The Bertz CT molecular complexity index is 562. The number of thioether (sulfide) groups is 1. The molecule has 0 radical (unpaired) electrons. The van der Waals surface area contributed by atoms with Crippen LogP contribution in [0.25, 0.3) is 0 Å². The predicted octanol–water partition coefficient (Wildman–Crippen LogP) is 1.02. The second-order valence-corrected chi connectivity index (χ2v) is 5.63. The zero-order chi connectivity index (χ0) is 15.9. The fourth-order valence-corrected chi connectivity index (χ4v) is 2.72. The maximum atomic E-state index is 11.8. The lowest BCUT2D eigenvalue weighted by molar-refractivity contribution is -0.122. The lowest BCUT2D eigenvalue weighted by atomic mass is 10.2. The maximum Gasteiger partial charge on any atom is 0.281 e. The van der Waals surface area contributed by atoms with Crippen molar-refractivity contribution >= 4 is 28.8 Å². The third-order valence-electron chi connectivity index (χ3n) is 3.12. The van der Waals surface area contributed by atoms with Crippen LogP contribution in [-0.2, 0) is 4.79 Å². The van der Waals surface area contributed by atoms with Crippen molar-refractivity contribution < 1.29 is 19.1 Å².